The first-order valence-electron chi connectivity index (χ1n) is 14.0. The number of aliphatic hydroxyl groups excluding tert-OH is 7. The molecule has 2 aliphatic heterocycles. The van der Waals surface area contributed by atoms with Crippen LogP contribution < -0.4 is 33.6 Å². The Balaban J connectivity index is 1.83. The fourth-order valence-corrected chi connectivity index (χ4v) is 5.91. The quantitative estimate of drug-likeness (QED) is 0.0897. The van der Waals surface area contributed by atoms with Crippen molar-refractivity contribution in [3.05, 3.63) is 0 Å². The Kier molecular flexibility index (Phi) is 13.3. The molecule has 0 amide bonds. The van der Waals surface area contributed by atoms with Crippen molar-refractivity contribution in [2.45, 2.75) is 105 Å². The van der Waals surface area contributed by atoms with Gasteiger partial charge >= 0.3 is 0 Å². The first-order chi connectivity index (χ1) is 19.1. The summed E-state index contributed by atoms with van der Waals surface area (Å²) in [6.07, 6.45) is -8.95. The van der Waals surface area contributed by atoms with Crippen LogP contribution in [0.1, 0.15) is 19.3 Å². The maximum absolute atomic E-state index is 11.7. The van der Waals surface area contributed by atoms with Crippen molar-refractivity contribution in [2.24, 2.45) is 28.9 Å². The predicted octanol–water partition coefficient (Wildman–Crippen LogP) is -7.06. The Morgan fingerprint density at radius 1 is 0.875 bits per heavy atom. The van der Waals surface area contributed by atoms with Crippen LogP contribution in [0.2, 0.25) is 0 Å². The van der Waals surface area contributed by atoms with Crippen molar-refractivity contribution >= 4 is 0 Å². The topological polar surface area (TPSA) is 297 Å². The molecular weight excluding hydrogens is 532 g/mol. The molecule has 2 saturated heterocycles. The largest absolute Gasteiger partial charge is 0.395 e. The molecule has 2 heterocycles. The van der Waals surface area contributed by atoms with Crippen LogP contribution >= 0.6 is 0 Å². The molecule has 0 bridgehead atoms. The molecule has 0 aromatic carbocycles. The molecule has 1 aliphatic carbocycles. The van der Waals surface area contributed by atoms with Crippen molar-refractivity contribution in [3.63, 3.8) is 0 Å². The van der Waals surface area contributed by atoms with Crippen LogP contribution in [0.5, 0.6) is 0 Å². The lowest BCUT2D eigenvalue weighted by Crippen LogP contribution is -2.70. The fraction of sp³-hybridized carbons (Fsp3) is 1.00. The van der Waals surface area contributed by atoms with Crippen molar-refractivity contribution in [2.75, 3.05) is 39.5 Å². The van der Waals surface area contributed by atoms with E-state index < -0.39 is 111 Å². The van der Waals surface area contributed by atoms with Crippen LogP contribution in [-0.4, -0.2) is 161 Å². The van der Waals surface area contributed by atoms with Crippen LogP contribution in [-0.2, 0) is 14.2 Å². The number of hydrogen-bond acceptors (Lipinski definition) is 16. The Hall–Kier alpha value is -0.640. The Morgan fingerprint density at radius 3 is 2.20 bits per heavy atom. The highest BCUT2D eigenvalue weighted by atomic mass is 16.7. The summed E-state index contributed by atoms with van der Waals surface area (Å²) in [5, 5.41) is 78.3. The summed E-state index contributed by atoms with van der Waals surface area (Å²) >= 11 is 0. The summed E-state index contributed by atoms with van der Waals surface area (Å²) in [5.74, 6) is -0.771. The van der Waals surface area contributed by atoms with Crippen molar-refractivity contribution in [1.82, 2.24) is 10.6 Å². The summed E-state index contributed by atoms with van der Waals surface area (Å²) in [6.45, 7) is 0.0911. The van der Waals surface area contributed by atoms with Gasteiger partial charge in [-0.1, -0.05) is 0 Å². The highest BCUT2D eigenvalue weighted by Crippen LogP contribution is 2.36. The van der Waals surface area contributed by atoms with Gasteiger partial charge in [-0.2, -0.15) is 0 Å². The fourth-order valence-electron chi connectivity index (χ4n) is 5.91. The van der Waals surface area contributed by atoms with Gasteiger partial charge in [-0.05, 0) is 32.4 Å². The van der Waals surface area contributed by atoms with Gasteiger partial charge < -0.3 is 83.5 Å². The molecule has 17 N–H and O–H groups in total. The van der Waals surface area contributed by atoms with Crippen LogP contribution in [0, 0.1) is 5.92 Å². The lowest BCUT2D eigenvalue weighted by Gasteiger charge is -2.52. The number of hydrogen-bond donors (Lipinski definition) is 13. The van der Waals surface area contributed by atoms with E-state index in [1.165, 1.54) is 0 Å². The predicted molar refractivity (Wildman–Crippen MR) is 141 cm³/mol. The maximum Gasteiger partial charge on any atom is 0.186 e. The van der Waals surface area contributed by atoms with E-state index in [1.807, 2.05) is 0 Å². The van der Waals surface area contributed by atoms with E-state index in [1.54, 1.807) is 0 Å². The molecule has 14 atom stereocenters. The Bertz CT molecular complexity index is 742. The molecule has 0 spiro atoms. The first-order valence-corrected chi connectivity index (χ1v) is 14.0. The molecular formula is C24H50N6O10. The van der Waals surface area contributed by atoms with Gasteiger partial charge in [0.25, 0.3) is 0 Å². The van der Waals surface area contributed by atoms with E-state index in [9.17, 15) is 35.7 Å². The molecule has 40 heavy (non-hydrogen) atoms. The number of ether oxygens (including phenoxy) is 3. The van der Waals surface area contributed by atoms with E-state index >= 15 is 0 Å². The Labute approximate surface area is 233 Å². The molecule has 3 fully saturated rings. The maximum atomic E-state index is 11.7. The second kappa shape index (κ2) is 15.7. The molecule has 14 unspecified atom stereocenters. The zero-order valence-corrected chi connectivity index (χ0v) is 22.7. The van der Waals surface area contributed by atoms with E-state index in [0.29, 0.717) is 19.6 Å². The molecule has 236 valence electrons. The zero-order chi connectivity index (χ0) is 29.6. The third-order valence-corrected chi connectivity index (χ3v) is 8.25. The number of rotatable bonds is 13. The molecule has 16 nitrogen and oxygen atoms in total. The van der Waals surface area contributed by atoms with Gasteiger partial charge in [-0.3, -0.25) is 0 Å². The molecule has 0 aromatic rings. The summed E-state index contributed by atoms with van der Waals surface area (Å²) in [7, 11) is 0. The van der Waals surface area contributed by atoms with E-state index in [2.05, 4.69) is 10.6 Å². The van der Waals surface area contributed by atoms with Gasteiger partial charge in [0.2, 0.25) is 0 Å². The van der Waals surface area contributed by atoms with Gasteiger partial charge in [-0.15, -0.1) is 0 Å². The SMILES string of the molecule is NCCCNCC1OC(C2C(N)CC(NC(CO)CO)C(OC3OC(CO)C(O)C(N)C3O)C2O)C(N)CC1O. The summed E-state index contributed by atoms with van der Waals surface area (Å²) in [5.41, 5.74) is 24.4. The monoisotopic (exact) mass is 582 g/mol. The van der Waals surface area contributed by atoms with Crippen molar-refractivity contribution < 1.29 is 50.0 Å². The minimum absolute atomic E-state index is 0.193. The van der Waals surface area contributed by atoms with Crippen molar-refractivity contribution in [1.29, 1.82) is 0 Å². The molecule has 1 saturated carbocycles. The van der Waals surface area contributed by atoms with Gasteiger partial charge in [0.15, 0.2) is 6.29 Å². The number of aliphatic hydroxyl groups is 7. The third-order valence-electron chi connectivity index (χ3n) is 8.25. The third kappa shape index (κ3) is 7.84. The van der Waals surface area contributed by atoms with Gasteiger partial charge in [-0.25, -0.2) is 0 Å². The minimum Gasteiger partial charge on any atom is -0.395 e. The average Bonchev–Trinajstić information content (AvgIpc) is 2.93. The molecule has 16 heteroatoms. The van der Waals surface area contributed by atoms with Gasteiger partial charge in [0, 0.05) is 30.6 Å². The highest BCUT2D eigenvalue weighted by Gasteiger charge is 2.53. The molecule has 0 aromatic heterocycles. The molecule has 3 aliphatic rings. The van der Waals surface area contributed by atoms with E-state index in [-0.39, 0.29) is 12.8 Å². The van der Waals surface area contributed by atoms with Crippen LogP contribution in [0.4, 0.5) is 0 Å². The summed E-state index contributed by atoms with van der Waals surface area (Å²) in [4.78, 5) is 0. The normalized spacial score (nSPS) is 44.7. The van der Waals surface area contributed by atoms with Gasteiger partial charge in [0.05, 0.1) is 56.3 Å². The summed E-state index contributed by atoms with van der Waals surface area (Å²) in [6, 6.07) is -4.02. The van der Waals surface area contributed by atoms with Crippen LogP contribution in [0.15, 0.2) is 0 Å². The standard InChI is InChI=1S/C24H50N6O10/c25-2-1-3-29-6-15-14(34)5-12(27)22(38-15)17-11(26)4-13(30-10(7-31)8-32)23(20(17)36)40-24-21(37)18(28)19(35)16(9-33)39-24/h10-24,29-37H,1-9,25-28H2. The van der Waals surface area contributed by atoms with Crippen LogP contribution in [0.3, 0.4) is 0 Å². The summed E-state index contributed by atoms with van der Waals surface area (Å²) < 4.78 is 17.9. The highest BCUT2D eigenvalue weighted by molar-refractivity contribution is 5.06. The molecule has 3 rings (SSSR count). The molecule has 0 radical (unpaired) electrons. The first kappa shape index (κ1) is 33.9. The lowest BCUT2D eigenvalue weighted by molar-refractivity contribution is -0.307. The minimum atomic E-state index is -1.50. The van der Waals surface area contributed by atoms with Gasteiger partial charge in [0.1, 0.15) is 24.4 Å². The van der Waals surface area contributed by atoms with E-state index in [0.717, 1.165) is 6.42 Å². The smallest absolute Gasteiger partial charge is 0.186 e. The average molecular weight is 583 g/mol. The Morgan fingerprint density at radius 2 is 1.57 bits per heavy atom. The van der Waals surface area contributed by atoms with Crippen LogP contribution in [0.25, 0.3) is 0 Å². The van der Waals surface area contributed by atoms with E-state index in [4.69, 9.17) is 37.1 Å². The second-order valence-corrected chi connectivity index (χ2v) is 11.1. The van der Waals surface area contributed by atoms with Crippen molar-refractivity contribution in [3.8, 4) is 0 Å². The zero-order valence-electron chi connectivity index (χ0n) is 22.7. The lowest BCUT2D eigenvalue weighted by atomic mass is 9.72. The number of nitrogens with one attached hydrogen (secondary N) is 2. The number of nitrogens with two attached hydrogens (primary N) is 4. The second-order valence-electron chi connectivity index (χ2n) is 11.1.